The number of nitrogens with zero attached hydrogens (tertiary/aromatic N) is 2. The number of pyridine rings is 2. The summed E-state index contributed by atoms with van der Waals surface area (Å²) in [6, 6.07) is 7.86. The Morgan fingerprint density at radius 3 is 2.69 bits per heavy atom. The van der Waals surface area contributed by atoms with Crippen molar-refractivity contribution in [2.45, 2.75) is 60.1 Å². The van der Waals surface area contributed by atoms with E-state index in [9.17, 15) is 14.4 Å². The molecular formula is C27H30N2O5S. The quantitative estimate of drug-likeness (QED) is 0.244. The zero-order valence-corrected chi connectivity index (χ0v) is 21.4. The van der Waals surface area contributed by atoms with Crippen molar-refractivity contribution >= 4 is 33.7 Å². The number of fused-ring (bicyclic) bond motifs is 4. The summed E-state index contributed by atoms with van der Waals surface area (Å²) in [5.41, 5.74) is 5.86. The van der Waals surface area contributed by atoms with Crippen LogP contribution in [0.4, 0.5) is 0 Å². The minimum atomic E-state index is -0.325. The standard InChI is InChI=1S/C27H30N2O5S/c1-5-19-20-13-18(33-10-7-11-35-17(4)30)8-9-23(20)28-26-21(19)14-29-24(26)12-16(3)22(27(29)32)15-34-25(31)6-2/h8-9,12-13H,5-7,10-11,14-15H2,1-4H3. The molecule has 2 aromatic heterocycles. The number of hydrogen-bond acceptors (Lipinski definition) is 7. The first-order valence-corrected chi connectivity index (χ1v) is 12.9. The number of thioether (sulfide) groups is 1. The average molecular weight is 495 g/mol. The third kappa shape index (κ3) is 5.12. The summed E-state index contributed by atoms with van der Waals surface area (Å²) in [7, 11) is 0. The summed E-state index contributed by atoms with van der Waals surface area (Å²) in [6.45, 7) is 8.24. The first-order chi connectivity index (χ1) is 16.8. The van der Waals surface area contributed by atoms with Crippen LogP contribution in [-0.4, -0.2) is 33.0 Å². The Kier molecular flexibility index (Phi) is 7.60. The van der Waals surface area contributed by atoms with Gasteiger partial charge in [0.2, 0.25) is 0 Å². The van der Waals surface area contributed by atoms with Crippen molar-refractivity contribution in [2.75, 3.05) is 12.4 Å². The van der Waals surface area contributed by atoms with Gasteiger partial charge in [-0.25, -0.2) is 4.98 Å². The van der Waals surface area contributed by atoms with E-state index in [4.69, 9.17) is 14.5 Å². The number of rotatable bonds is 9. The van der Waals surface area contributed by atoms with Gasteiger partial charge in [0.05, 0.1) is 35.6 Å². The molecule has 35 heavy (non-hydrogen) atoms. The fraction of sp³-hybridized carbons (Fsp3) is 0.407. The molecule has 0 atom stereocenters. The molecule has 0 spiro atoms. The number of benzene rings is 1. The SMILES string of the molecule is CCC(=O)OCc1c(C)cc2n(c1=O)Cc1c-2nc2ccc(OCCCSC(C)=O)cc2c1CC. The van der Waals surface area contributed by atoms with E-state index in [2.05, 4.69) is 6.92 Å². The van der Waals surface area contributed by atoms with Gasteiger partial charge < -0.3 is 14.0 Å². The molecular weight excluding hydrogens is 464 g/mol. The third-order valence-corrected chi connectivity index (χ3v) is 7.14. The second-order valence-corrected chi connectivity index (χ2v) is 9.86. The van der Waals surface area contributed by atoms with Crippen LogP contribution in [0.1, 0.15) is 55.9 Å². The molecule has 1 aliphatic rings. The van der Waals surface area contributed by atoms with Crippen LogP contribution in [0.15, 0.2) is 29.1 Å². The van der Waals surface area contributed by atoms with E-state index in [1.54, 1.807) is 18.4 Å². The molecule has 0 N–H and O–H groups in total. The second-order valence-electron chi connectivity index (χ2n) is 8.59. The highest BCUT2D eigenvalue weighted by atomic mass is 32.2. The van der Waals surface area contributed by atoms with Crippen molar-refractivity contribution in [1.29, 1.82) is 0 Å². The molecule has 0 saturated carbocycles. The van der Waals surface area contributed by atoms with Crippen LogP contribution in [0, 0.1) is 6.92 Å². The van der Waals surface area contributed by atoms with Crippen LogP contribution in [0.25, 0.3) is 22.3 Å². The maximum absolute atomic E-state index is 13.3. The van der Waals surface area contributed by atoms with Crippen LogP contribution in [-0.2, 0) is 33.9 Å². The zero-order valence-electron chi connectivity index (χ0n) is 20.6. The molecule has 1 aromatic carbocycles. The lowest BCUT2D eigenvalue weighted by molar-refractivity contribution is -0.144. The number of aromatic nitrogens is 2. The number of esters is 1. The van der Waals surface area contributed by atoms with E-state index in [1.165, 1.54) is 11.8 Å². The largest absolute Gasteiger partial charge is 0.494 e. The predicted molar refractivity (Wildman–Crippen MR) is 138 cm³/mol. The van der Waals surface area contributed by atoms with Crippen LogP contribution in [0.2, 0.25) is 0 Å². The molecule has 184 valence electrons. The van der Waals surface area contributed by atoms with Gasteiger partial charge >= 0.3 is 5.97 Å². The molecule has 0 aliphatic carbocycles. The maximum atomic E-state index is 13.3. The highest BCUT2D eigenvalue weighted by molar-refractivity contribution is 8.13. The topological polar surface area (TPSA) is 87.5 Å². The summed E-state index contributed by atoms with van der Waals surface area (Å²) in [5.74, 6) is 1.18. The Hall–Kier alpha value is -3.13. The zero-order chi connectivity index (χ0) is 25.1. The number of ether oxygens (including phenoxy) is 2. The van der Waals surface area contributed by atoms with E-state index in [-0.39, 0.29) is 29.7 Å². The second kappa shape index (κ2) is 10.6. The molecule has 8 heteroatoms. The van der Waals surface area contributed by atoms with Crippen molar-refractivity contribution in [2.24, 2.45) is 0 Å². The van der Waals surface area contributed by atoms with E-state index in [1.807, 2.05) is 31.2 Å². The molecule has 7 nitrogen and oxygen atoms in total. The van der Waals surface area contributed by atoms with Gasteiger partial charge in [0.25, 0.3) is 5.56 Å². The molecule has 1 aliphatic heterocycles. The molecule has 3 aromatic rings. The lowest BCUT2D eigenvalue weighted by Gasteiger charge is -2.12. The molecule has 4 rings (SSSR count). The monoisotopic (exact) mass is 494 g/mol. The highest BCUT2D eigenvalue weighted by Gasteiger charge is 2.27. The van der Waals surface area contributed by atoms with Crippen LogP contribution in [0.3, 0.4) is 0 Å². The van der Waals surface area contributed by atoms with Crippen molar-refractivity contribution in [3.63, 3.8) is 0 Å². The summed E-state index contributed by atoms with van der Waals surface area (Å²) in [4.78, 5) is 40.9. The molecule has 0 radical (unpaired) electrons. The smallest absolute Gasteiger partial charge is 0.305 e. The maximum Gasteiger partial charge on any atom is 0.305 e. The number of carbonyl (C=O) groups excluding carboxylic acids is 2. The number of carbonyl (C=O) groups is 2. The van der Waals surface area contributed by atoms with Gasteiger partial charge in [-0.15, -0.1) is 0 Å². The molecule has 0 bridgehead atoms. The fourth-order valence-corrected chi connectivity index (χ4v) is 4.99. The number of aryl methyl sites for hydroxylation is 2. The van der Waals surface area contributed by atoms with Crippen LogP contribution >= 0.6 is 11.8 Å². The van der Waals surface area contributed by atoms with E-state index in [0.29, 0.717) is 18.7 Å². The lowest BCUT2D eigenvalue weighted by atomic mass is 9.98. The Labute approximate surface area is 208 Å². The van der Waals surface area contributed by atoms with Gasteiger partial charge in [-0.2, -0.15) is 0 Å². The van der Waals surface area contributed by atoms with E-state index in [0.717, 1.165) is 63.3 Å². The Morgan fingerprint density at radius 2 is 1.97 bits per heavy atom. The van der Waals surface area contributed by atoms with Crippen LogP contribution < -0.4 is 10.3 Å². The first kappa shape index (κ1) is 25.0. The summed E-state index contributed by atoms with van der Waals surface area (Å²) >= 11 is 1.31. The predicted octanol–water partition coefficient (Wildman–Crippen LogP) is 4.80. The van der Waals surface area contributed by atoms with Crippen molar-refractivity contribution < 1.29 is 19.1 Å². The van der Waals surface area contributed by atoms with Crippen molar-refractivity contribution in [3.05, 3.63) is 56.9 Å². The van der Waals surface area contributed by atoms with Gasteiger partial charge in [-0.1, -0.05) is 25.6 Å². The van der Waals surface area contributed by atoms with Crippen LogP contribution in [0.5, 0.6) is 5.75 Å². The lowest BCUT2D eigenvalue weighted by Crippen LogP contribution is -2.25. The van der Waals surface area contributed by atoms with Gasteiger partial charge in [0, 0.05) is 30.0 Å². The van der Waals surface area contributed by atoms with Crippen molar-refractivity contribution in [1.82, 2.24) is 9.55 Å². The van der Waals surface area contributed by atoms with E-state index < -0.39 is 0 Å². The molecule has 0 saturated heterocycles. The Morgan fingerprint density at radius 1 is 1.17 bits per heavy atom. The molecule has 3 heterocycles. The van der Waals surface area contributed by atoms with Gasteiger partial charge in [-0.3, -0.25) is 14.4 Å². The highest BCUT2D eigenvalue weighted by Crippen LogP contribution is 2.37. The minimum Gasteiger partial charge on any atom is -0.494 e. The normalized spacial score (nSPS) is 11.9. The molecule has 0 fully saturated rings. The Bertz CT molecular complexity index is 1360. The minimum absolute atomic E-state index is 0.0182. The van der Waals surface area contributed by atoms with E-state index >= 15 is 0 Å². The fourth-order valence-electron chi connectivity index (χ4n) is 4.44. The molecule has 0 unspecified atom stereocenters. The average Bonchev–Trinajstić information content (AvgIpc) is 3.19. The first-order valence-electron chi connectivity index (χ1n) is 11.9. The van der Waals surface area contributed by atoms with Crippen molar-refractivity contribution in [3.8, 4) is 17.1 Å². The summed E-state index contributed by atoms with van der Waals surface area (Å²) in [5, 5.41) is 1.14. The molecule has 0 amide bonds. The van der Waals surface area contributed by atoms with Gasteiger partial charge in [0.15, 0.2) is 5.12 Å². The number of hydrogen-bond donors (Lipinski definition) is 0. The Balaban J connectivity index is 1.65. The van der Waals surface area contributed by atoms with Gasteiger partial charge in [-0.05, 0) is 55.2 Å². The summed E-state index contributed by atoms with van der Waals surface area (Å²) in [6.07, 6.45) is 1.86. The third-order valence-electron chi connectivity index (χ3n) is 6.24. The summed E-state index contributed by atoms with van der Waals surface area (Å²) < 4.78 is 12.9. The van der Waals surface area contributed by atoms with Gasteiger partial charge in [0.1, 0.15) is 12.4 Å².